The fourth-order valence-electron chi connectivity index (χ4n) is 2.40. The zero-order valence-electron chi connectivity index (χ0n) is 11.6. The number of benzene rings is 1. The fourth-order valence-corrected chi connectivity index (χ4v) is 3.65. The lowest BCUT2D eigenvalue weighted by Crippen LogP contribution is -2.50. The van der Waals surface area contributed by atoms with Crippen LogP contribution in [-0.4, -0.2) is 47.5 Å². The molecular formula is C14H14ClN3O3S. The highest BCUT2D eigenvalue weighted by atomic mass is 35.5. The predicted molar refractivity (Wildman–Crippen MR) is 83.9 cm³/mol. The first-order valence-electron chi connectivity index (χ1n) is 6.84. The summed E-state index contributed by atoms with van der Waals surface area (Å²) in [4.78, 5) is 38.1. The third kappa shape index (κ3) is 3.20. The second kappa shape index (κ2) is 6.18. The van der Waals surface area contributed by atoms with Crippen LogP contribution in [-0.2, 0) is 14.4 Å². The van der Waals surface area contributed by atoms with Gasteiger partial charge in [0.05, 0.1) is 17.5 Å². The topological polar surface area (TPSA) is 78.5 Å². The summed E-state index contributed by atoms with van der Waals surface area (Å²) in [7, 11) is 0. The molecule has 116 valence electrons. The molecule has 0 saturated carbocycles. The van der Waals surface area contributed by atoms with E-state index in [4.69, 9.17) is 11.6 Å². The molecule has 0 aromatic heterocycles. The molecule has 1 aromatic carbocycles. The Morgan fingerprint density at radius 3 is 3.00 bits per heavy atom. The average Bonchev–Trinajstić information content (AvgIpc) is 2.48. The monoisotopic (exact) mass is 339 g/mol. The number of thioether (sulfide) groups is 1. The second-order valence-electron chi connectivity index (χ2n) is 5.11. The molecule has 8 heteroatoms. The number of anilines is 1. The van der Waals surface area contributed by atoms with E-state index in [-0.39, 0.29) is 30.7 Å². The Bertz CT molecular complexity index is 652. The van der Waals surface area contributed by atoms with Crippen molar-refractivity contribution in [2.75, 3.05) is 25.0 Å². The summed E-state index contributed by atoms with van der Waals surface area (Å²) in [5.41, 5.74) is 0.670. The Hall–Kier alpha value is -1.73. The van der Waals surface area contributed by atoms with Crippen molar-refractivity contribution in [3.63, 3.8) is 0 Å². The van der Waals surface area contributed by atoms with Gasteiger partial charge in [-0.1, -0.05) is 11.6 Å². The number of hydrogen-bond acceptors (Lipinski definition) is 4. The molecule has 3 rings (SSSR count). The van der Waals surface area contributed by atoms with E-state index in [9.17, 15) is 14.4 Å². The lowest BCUT2D eigenvalue weighted by atomic mass is 10.2. The van der Waals surface area contributed by atoms with Crippen LogP contribution < -0.4 is 10.6 Å². The van der Waals surface area contributed by atoms with Gasteiger partial charge in [-0.2, -0.15) is 0 Å². The SMILES string of the molecule is O=C1CN(C(=O)C[C@H]2Sc3ccc(Cl)cc3NC2=O)CCN1. The first-order chi connectivity index (χ1) is 10.5. The van der Waals surface area contributed by atoms with Crippen LogP contribution in [0.1, 0.15) is 6.42 Å². The van der Waals surface area contributed by atoms with Crippen LogP contribution in [0, 0.1) is 0 Å². The number of carbonyl (C=O) groups excluding carboxylic acids is 3. The number of hydrogen-bond donors (Lipinski definition) is 2. The van der Waals surface area contributed by atoms with Gasteiger partial charge >= 0.3 is 0 Å². The Kier molecular flexibility index (Phi) is 4.26. The molecule has 1 aromatic rings. The van der Waals surface area contributed by atoms with Crippen LogP contribution in [0.25, 0.3) is 0 Å². The molecule has 22 heavy (non-hydrogen) atoms. The summed E-state index contributed by atoms with van der Waals surface area (Å²) >= 11 is 7.25. The molecule has 6 nitrogen and oxygen atoms in total. The van der Waals surface area contributed by atoms with E-state index in [1.54, 1.807) is 12.1 Å². The Morgan fingerprint density at radius 2 is 2.23 bits per heavy atom. The van der Waals surface area contributed by atoms with Crippen molar-refractivity contribution in [3.05, 3.63) is 23.2 Å². The molecule has 0 aliphatic carbocycles. The van der Waals surface area contributed by atoms with Crippen LogP contribution in [0.4, 0.5) is 5.69 Å². The smallest absolute Gasteiger partial charge is 0.239 e. The molecule has 0 unspecified atom stereocenters. The molecule has 2 N–H and O–H groups in total. The number of amides is 3. The highest BCUT2D eigenvalue weighted by molar-refractivity contribution is 8.01. The Morgan fingerprint density at radius 1 is 1.41 bits per heavy atom. The summed E-state index contributed by atoms with van der Waals surface area (Å²) in [5.74, 6) is -0.560. The Labute approximate surface area is 136 Å². The summed E-state index contributed by atoms with van der Waals surface area (Å²) in [6.45, 7) is 0.996. The zero-order valence-corrected chi connectivity index (χ0v) is 13.2. The van der Waals surface area contributed by atoms with Crippen molar-refractivity contribution in [2.24, 2.45) is 0 Å². The van der Waals surface area contributed by atoms with Gasteiger partial charge in [-0.05, 0) is 18.2 Å². The van der Waals surface area contributed by atoms with Crippen LogP contribution in [0.15, 0.2) is 23.1 Å². The minimum atomic E-state index is -0.494. The van der Waals surface area contributed by atoms with Crippen molar-refractivity contribution < 1.29 is 14.4 Å². The summed E-state index contributed by atoms with van der Waals surface area (Å²) in [6.07, 6.45) is 0.0752. The van der Waals surface area contributed by atoms with Gasteiger partial charge in [-0.25, -0.2) is 0 Å². The van der Waals surface area contributed by atoms with Crippen molar-refractivity contribution in [1.82, 2.24) is 10.2 Å². The van der Waals surface area contributed by atoms with E-state index in [0.717, 1.165) is 4.90 Å². The number of nitrogens with one attached hydrogen (secondary N) is 2. The van der Waals surface area contributed by atoms with E-state index < -0.39 is 5.25 Å². The van der Waals surface area contributed by atoms with E-state index in [1.807, 2.05) is 6.07 Å². The summed E-state index contributed by atoms with van der Waals surface area (Å²) in [5, 5.41) is 5.50. The lowest BCUT2D eigenvalue weighted by molar-refractivity contribution is -0.138. The van der Waals surface area contributed by atoms with E-state index >= 15 is 0 Å². The first kappa shape index (κ1) is 15.2. The van der Waals surface area contributed by atoms with Crippen LogP contribution in [0.2, 0.25) is 5.02 Å². The van der Waals surface area contributed by atoms with Crippen molar-refractivity contribution in [3.8, 4) is 0 Å². The standard InChI is InChI=1S/C14H14ClN3O3S/c15-8-1-2-10-9(5-8)17-14(21)11(22-10)6-13(20)18-4-3-16-12(19)7-18/h1-2,5,11H,3-4,6-7H2,(H,16,19)(H,17,21)/t11-/m1/s1. The van der Waals surface area contributed by atoms with Crippen molar-refractivity contribution >= 4 is 46.8 Å². The third-order valence-electron chi connectivity index (χ3n) is 3.51. The molecule has 1 saturated heterocycles. The number of rotatable bonds is 2. The minimum absolute atomic E-state index is 0.0596. The van der Waals surface area contributed by atoms with Crippen LogP contribution >= 0.6 is 23.4 Å². The van der Waals surface area contributed by atoms with Gasteiger partial charge in [0.15, 0.2) is 0 Å². The summed E-state index contributed by atoms with van der Waals surface area (Å²) < 4.78 is 0. The maximum atomic E-state index is 12.3. The zero-order chi connectivity index (χ0) is 15.7. The molecule has 0 bridgehead atoms. The molecular weight excluding hydrogens is 326 g/mol. The quantitative estimate of drug-likeness (QED) is 0.845. The van der Waals surface area contributed by atoms with Crippen molar-refractivity contribution in [1.29, 1.82) is 0 Å². The van der Waals surface area contributed by atoms with E-state index in [2.05, 4.69) is 10.6 Å². The van der Waals surface area contributed by atoms with Gasteiger partial charge in [0, 0.05) is 29.4 Å². The second-order valence-corrected chi connectivity index (χ2v) is 6.79. The van der Waals surface area contributed by atoms with Gasteiger partial charge in [0.1, 0.15) is 0 Å². The highest BCUT2D eigenvalue weighted by Crippen LogP contribution is 2.38. The fraction of sp³-hybridized carbons (Fsp3) is 0.357. The number of fused-ring (bicyclic) bond motifs is 1. The van der Waals surface area contributed by atoms with E-state index in [0.29, 0.717) is 23.8 Å². The summed E-state index contributed by atoms with van der Waals surface area (Å²) in [6, 6.07) is 5.26. The molecule has 2 aliphatic rings. The molecule has 1 atom stereocenters. The molecule has 1 fully saturated rings. The van der Waals surface area contributed by atoms with Crippen molar-refractivity contribution in [2.45, 2.75) is 16.6 Å². The number of carbonyl (C=O) groups is 3. The molecule has 3 amide bonds. The number of nitrogens with zero attached hydrogens (tertiary/aromatic N) is 1. The van der Waals surface area contributed by atoms with Gasteiger partial charge < -0.3 is 15.5 Å². The maximum Gasteiger partial charge on any atom is 0.239 e. The largest absolute Gasteiger partial charge is 0.353 e. The highest BCUT2D eigenvalue weighted by Gasteiger charge is 2.31. The molecule has 2 aliphatic heterocycles. The number of piperazine rings is 1. The normalized spacial score (nSPS) is 21.0. The Balaban J connectivity index is 1.68. The first-order valence-corrected chi connectivity index (χ1v) is 8.10. The molecule has 2 heterocycles. The van der Waals surface area contributed by atoms with Crippen LogP contribution in [0.5, 0.6) is 0 Å². The molecule has 0 radical (unpaired) electrons. The van der Waals surface area contributed by atoms with Gasteiger partial charge in [0.25, 0.3) is 0 Å². The van der Waals surface area contributed by atoms with E-state index in [1.165, 1.54) is 16.7 Å². The third-order valence-corrected chi connectivity index (χ3v) is 5.02. The maximum absolute atomic E-state index is 12.3. The average molecular weight is 340 g/mol. The van der Waals surface area contributed by atoms with Gasteiger partial charge in [-0.15, -0.1) is 11.8 Å². The molecule has 0 spiro atoms. The van der Waals surface area contributed by atoms with Crippen LogP contribution in [0.3, 0.4) is 0 Å². The van der Waals surface area contributed by atoms with Gasteiger partial charge in [0.2, 0.25) is 17.7 Å². The minimum Gasteiger partial charge on any atom is -0.353 e. The predicted octanol–water partition coefficient (Wildman–Crippen LogP) is 1.10. The van der Waals surface area contributed by atoms with Gasteiger partial charge in [-0.3, -0.25) is 14.4 Å². The number of halogens is 1. The lowest BCUT2D eigenvalue weighted by Gasteiger charge is -2.29.